The van der Waals surface area contributed by atoms with E-state index in [2.05, 4.69) is 21.7 Å². The molecule has 1 aromatic carbocycles. The number of nitrogens with one attached hydrogen (secondary N) is 2. The number of hydrogen-bond donors (Lipinski definition) is 2. The molecule has 2 aromatic rings. The van der Waals surface area contributed by atoms with Crippen LogP contribution in [0.4, 0.5) is 0 Å². The standard InChI is InChI=1S/C17H21N3O3.HI/c1-2-18-17(20-11-14-4-3-9-21-14)19-8-7-13-5-6-15-16(10-13)23-12-22-15;/h3-6,9-10H,2,7-8,11-12H2,1H3,(H2,18,19,20);1H. The maximum Gasteiger partial charge on any atom is 0.231 e. The largest absolute Gasteiger partial charge is 0.467 e. The van der Waals surface area contributed by atoms with Crippen molar-refractivity contribution in [1.82, 2.24) is 10.6 Å². The molecule has 1 aliphatic heterocycles. The summed E-state index contributed by atoms with van der Waals surface area (Å²) in [6.07, 6.45) is 2.53. The quantitative estimate of drug-likeness (QED) is 0.409. The highest BCUT2D eigenvalue weighted by molar-refractivity contribution is 14.0. The Kier molecular flexibility index (Phi) is 7.23. The van der Waals surface area contributed by atoms with E-state index in [1.54, 1.807) is 6.26 Å². The molecule has 7 heteroatoms. The van der Waals surface area contributed by atoms with Crippen molar-refractivity contribution in [2.24, 2.45) is 4.99 Å². The van der Waals surface area contributed by atoms with E-state index in [0.717, 1.165) is 42.7 Å². The predicted octanol–water partition coefficient (Wildman–Crippen LogP) is 2.92. The van der Waals surface area contributed by atoms with Crippen molar-refractivity contribution in [1.29, 1.82) is 0 Å². The minimum absolute atomic E-state index is 0. The Labute approximate surface area is 158 Å². The van der Waals surface area contributed by atoms with Gasteiger partial charge in [0.25, 0.3) is 0 Å². The molecule has 0 fully saturated rings. The Bertz CT molecular complexity index is 659. The minimum Gasteiger partial charge on any atom is -0.467 e. The van der Waals surface area contributed by atoms with Gasteiger partial charge >= 0.3 is 0 Å². The topological polar surface area (TPSA) is 68.0 Å². The predicted molar refractivity (Wildman–Crippen MR) is 103 cm³/mol. The highest BCUT2D eigenvalue weighted by Crippen LogP contribution is 2.32. The lowest BCUT2D eigenvalue weighted by Gasteiger charge is -2.11. The highest BCUT2D eigenvalue weighted by Gasteiger charge is 2.12. The summed E-state index contributed by atoms with van der Waals surface area (Å²) in [5, 5.41) is 6.55. The van der Waals surface area contributed by atoms with Crippen LogP contribution in [-0.2, 0) is 13.0 Å². The van der Waals surface area contributed by atoms with E-state index in [1.165, 1.54) is 5.56 Å². The fraction of sp³-hybridized carbons (Fsp3) is 0.353. The van der Waals surface area contributed by atoms with Crippen LogP contribution in [0.2, 0.25) is 0 Å². The van der Waals surface area contributed by atoms with Gasteiger partial charge in [-0.1, -0.05) is 6.07 Å². The fourth-order valence-electron chi connectivity index (χ4n) is 2.32. The molecule has 0 radical (unpaired) electrons. The van der Waals surface area contributed by atoms with E-state index in [0.29, 0.717) is 13.3 Å². The Morgan fingerprint density at radius 1 is 1.17 bits per heavy atom. The maximum atomic E-state index is 5.40. The van der Waals surface area contributed by atoms with Gasteiger partial charge in [-0.3, -0.25) is 0 Å². The van der Waals surface area contributed by atoms with E-state index in [4.69, 9.17) is 13.9 Å². The highest BCUT2D eigenvalue weighted by atomic mass is 127. The molecule has 1 aromatic heterocycles. The zero-order valence-corrected chi connectivity index (χ0v) is 15.9. The van der Waals surface area contributed by atoms with Gasteiger partial charge in [0.1, 0.15) is 12.3 Å². The van der Waals surface area contributed by atoms with E-state index in [1.807, 2.05) is 31.2 Å². The van der Waals surface area contributed by atoms with Gasteiger partial charge in [-0.25, -0.2) is 4.99 Å². The Morgan fingerprint density at radius 2 is 2.04 bits per heavy atom. The maximum absolute atomic E-state index is 5.40. The van der Waals surface area contributed by atoms with Crippen molar-refractivity contribution in [3.05, 3.63) is 47.9 Å². The third-order valence-electron chi connectivity index (χ3n) is 3.46. The zero-order chi connectivity index (χ0) is 15.9. The number of furan rings is 1. The summed E-state index contributed by atoms with van der Waals surface area (Å²) in [5.41, 5.74) is 1.20. The van der Waals surface area contributed by atoms with Gasteiger partial charge in [-0.2, -0.15) is 0 Å². The summed E-state index contributed by atoms with van der Waals surface area (Å²) in [5.74, 6) is 3.26. The molecular formula is C17H22IN3O3. The van der Waals surface area contributed by atoms with Crippen molar-refractivity contribution >= 4 is 29.9 Å². The second-order valence-electron chi connectivity index (χ2n) is 5.14. The van der Waals surface area contributed by atoms with Crippen LogP contribution in [-0.4, -0.2) is 25.8 Å². The smallest absolute Gasteiger partial charge is 0.231 e. The van der Waals surface area contributed by atoms with Gasteiger partial charge in [-0.15, -0.1) is 24.0 Å². The Balaban J connectivity index is 0.00000208. The number of fused-ring (bicyclic) bond motifs is 1. The summed E-state index contributed by atoms with van der Waals surface area (Å²) in [7, 11) is 0. The first-order chi connectivity index (χ1) is 11.3. The third-order valence-corrected chi connectivity index (χ3v) is 3.46. The normalized spacial score (nSPS) is 12.6. The van der Waals surface area contributed by atoms with Gasteiger partial charge in [-0.05, 0) is 43.2 Å². The average Bonchev–Trinajstić information content (AvgIpc) is 3.23. The summed E-state index contributed by atoms with van der Waals surface area (Å²) in [4.78, 5) is 4.50. The molecule has 0 atom stereocenters. The minimum atomic E-state index is 0. The molecule has 0 saturated carbocycles. The Hall–Kier alpha value is -1.90. The van der Waals surface area contributed by atoms with Crippen LogP contribution >= 0.6 is 24.0 Å². The van der Waals surface area contributed by atoms with Crippen LogP contribution in [0.1, 0.15) is 18.2 Å². The average molecular weight is 443 g/mol. The molecule has 1 aliphatic rings. The van der Waals surface area contributed by atoms with Crippen molar-refractivity contribution < 1.29 is 13.9 Å². The fourth-order valence-corrected chi connectivity index (χ4v) is 2.32. The first kappa shape index (κ1) is 18.4. The van der Waals surface area contributed by atoms with Crippen LogP contribution < -0.4 is 20.1 Å². The van der Waals surface area contributed by atoms with E-state index in [9.17, 15) is 0 Å². The third kappa shape index (κ3) is 5.05. The molecule has 3 rings (SSSR count). The molecule has 6 nitrogen and oxygen atoms in total. The van der Waals surface area contributed by atoms with Crippen molar-refractivity contribution in [3.8, 4) is 11.5 Å². The molecule has 0 bridgehead atoms. The summed E-state index contributed by atoms with van der Waals surface area (Å²) < 4.78 is 16.0. The van der Waals surface area contributed by atoms with Gasteiger partial charge in [0.15, 0.2) is 17.5 Å². The van der Waals surface area contributed by atoms with Crippen LogP contribution in [0.3, 0.4) is 0 Å². The van der Waals surface area contributed by atoms with E-state index >= 15 is 0 Å². The second kappa shape index (κ2) is 9.41. The molecule has 0 amide bonds. The van der Waals surface area contributed by atoms with Crippen molar-refractivity contribution in [2.75, 3.05) is 19.9 Å². The second-order valence-corrected chi connectivity index (χ2v) is 5.14. The van der Waals surface area contributed by atoms with Crippen LogP contribution in [0.25, 0.3) is 0 Å². The molecule has 0 spiro atoms. The first-order valence-electron chi connectivity index (χ1n) is 7.78. The lowest BCUT2D eigenvalue weighted by molar-refractivity contribution is 0.174. The number of aliphatic imine (C=N–C) groups is 1. The molecule has 2 heterocycles. The summed E-state index contributed by atoms with van der Waals surface area (Å²) in [6, 6.07) is 9.82. The zero-order valence-electron chi connectivity index (χ0n) is 13.6. The van der Waals surface area contributed by atoms with Crippen LogP contribution in [0.5, 0.6) is 11.5 Å². The number of hydrogen-bond acceptors (Lipinski definition) is 4. The number of rotatable bonds is 6. The first-order valence-corrected chi connectivity index (χ1v) is 7.78. The molecule has 2 N–H and O–H groups in total. The molecule has 0 saturated heterocycles. The number of benzene rings is 1. The number of nitrogens with zero attached hydrogens (tertiary/aromatic N) is 1. The SMILES string of the molecule is CCNC(=NCc1ccco1)NCCc1ccc2c(c1)OCO2.I. The lowest BCUT2D eigenvalue weighted by atomic mass is 10.1. The summed E-state index contributed by atoms with van der Waals surface area (Å²) in [6.45, 7) is 4.47. The van der Waals surface area contributed by atoms with Crippen LogP contribution in [0, 0.1) is 0 Å². The molecule has 0 unspecified atom stereocenters. The number of ether oxygens (including phenoxy) is 2. The van der Waals surface area contributed by atoms with Crippen molar-refractivity contribution in [3.63, 3.8) is 0 Å². The van der Waals surface area contributed by atoms with Crippen LogP contribution in [0.15, 0.2) is 46.0 Å². The van der Waals surface area contributed by atoms with Gasteiger partial charge in [0.2, 0.25) is 6.79 Å². The Morgan fingerprint density at radius 3 is 2.83 bits per heavy atom. The van der Waals surface area contributed by atoms with Gasteiger partial charge in [0.05, 0.1) is 6.26 Å². The molecule has 130 valence electrons. The molecule has 24 heavy (non-hydrogen) atoms. The molecule has 0 aliphatic carbocycles. The summed E-state index contributed by atoms with van der Waals surface area (Å²) >= 11 is 0. The number of halogens is 1. The number of guanidine groups is 1. The van der Waals surface area contributed by atoms with Crippen molar-refractivity contribution in [2.45, 2.75) is 19.9 Å². The van der Waals surface area contributed by atoms with E-state index in [-0.39, 0.29) is 24.0 Å². The van der Waals surface area contributed by atoms with Gasteiger partial charge < -0.3 is 24.5 Å². The van der Waals surface area contributed by atoms with E-state index < -0.39 is 0 Å². The van der Waals surface area contributed by atoms with Gasteiger partial charge in [0, 0.05) is 13.1 Å². The monoisotopic (exact) mass is 443 g/mol. The lowest BCUT2D eigenvalue weighted by Crippen LogP contribution is -2.38. The molecular weight excluding hydrogens is 421 g/mol.